The first kappa shape index (κ1) is 14.9. The van der Waals surface area contributed by atoms with Crippen molar-refractivity contribution < 1.29 is 9.47 Å². The van der Waals surface area contributed by atoms with E-state index >= 15 is 0 Å². The van der Waals surface area contributed by atoms with Gasteiger partial charge in [0.05, 0.1) is 12.2 Å². The molecule has 0 aromatic heterocycles. The molecule has 1 atom stereocenters. The lowest BCUT2D eigenvalue weighted by Crippen LogP contribution is -2.37. The van der Waals surface area contributed by atoms with Gasteiger partial charge in [0.15, 0.2) is 0 Å². The molecule has 0 aliphatic rings. The van der Waals surface area contributed by atoms with Crippen molar-refractivity contribution in [2.75, 3.05) is 27.4 Å². The maximum Gasteiger partial charge on any atom is 0.0634 e. The summed E-state index contributed by atoms with van der Waals surface area (Å²) in [7, 11) is 3.52. The van der Waals surface area contributed by atoms with Crippen LogP contribution in [-0.4, -0.2) is 39.0 Å². The minimum absolute atomic E-state index is 0.0309. The first-order chi connectivity index (χ1) is 7.05. The molecule has 3 nitrogen and oxygen atoms in total. The Morgan fingerprint density at radius 3 is 2.40 bits per heavy atom. The quantitative estimate of drug-likeness (QED) is 0.642. The molecular weight excluding hydrogens is 190 g/mol. The van der Waals surface area contributed by atoms with Crippen molar-refractivity contribution in [2.24, 2.45) is 0 Å². The molecule has 1 N–H and O–H groups in total. The first-order valence-corrected chi connectivity index (χ1v) is 5.83. The maximum atomic E-state index is 5.37. The molecule has 0 saturated carbocycles. The third-order valence-corrected chi connectivity index (χ3v) is 2.72. The van der Waals surface area contributed by atoms with Gasteiger partial charge in [0.1, 0.15) is 0 Å². The number of rotatable bonds is 9. The van der Waals surface area contributed by atoms with E-state index in [0.29, 0.717) is 6.04 Å². The lowest BCUT2D eigenvalue weighted by molar-refractivity contribution is 0.0146. The van der Waals surface area contributed by atoms with Crippen LogP contribution < -0.4 is 5.32 Å². The van der Waals surface area contributed by atoms with Crippen LogP contribution in [0, 0.1) is 0 Å². The van der Waals surface area contributed by atoms with Crippen LogP contribution in [0.1, 0.15) is 40.0 Å². The van der Waals surface area contributed by atoms with Crippen molar-refractivity contribution in [3.05, 3.63) is 0 Å². The largest absolute Gasteiger partial charge is 0.383 e. The van der Waals surface area contributed by atoms with Crippen molar-refractivity contribution in [3.63, 3.8) is 0 Å². The van der Waals surface area contributed by atoms with Crippen LogP contribution in [0.15, 0.2) is 0 Å². The second kappa shape index (κ2) is 8.08. The maximum absolute atomic E-state index is 5.37. The topological polar surface area (TPSA) is 30.5 Å². The second-order valence-corrected chi connectivity index (χ2v) is 4.61. The van der Waals surface area contributed by atoms with Crippen molar-refractivity contribution >= 4 is 0 Å². The summed E-state index contributed by atoms with van der Waals surface area (Å²) in [5.74, 6) is 0. The fourth-order valence-electron chi connectivity index (χ4n) is 1.47. The highest BCUT2D eigenvalue weighted by atomic mass is 16.5. The summed E-state index contributed by atoms with van der Waals surface area (Å²) in [6, 6.07) is 0.479. The summed E-state index contributed by atoms with van der Waals surface area (Å²) >= 11 is 0. The summed E-state index contributed by atoms with van der Waals surface area (Å²) in [5.41, 5.74) is -0.0309. The Kier molecular flexibility index (Phi) is 8.02. The normalized spacial score (nSPS) is 14.2. The molecule has 0 aromatic rings. The molecule has 0 bridgehead atoms. The van der Waals surface area contributed by atoms with Gasteiger partial charge in [-0.2, -0.15) is 0 Å². The van der Waals surface area contributed by atoms with Crippen LogP contribution in [0.4, 0.5) is 0 Å². The van der Waals surface area contributed by atoms with Gasteiger partial charge in [-0.1, -0.05) is 13.3 Å². The number of methoxy groups -OCH3 is 2. The van der Waals surface area contributed by atoms with Gasteiger partial charge >= 0.3 is 0 Å². The van der Waals surface area contributed by atoms with Gasteiger partial charge in [-0.3, -0.25) is 0 Å². The minimum Gasteiger partial charge on any atom is -0.383 e. The van der Waals surface area contributed by atoms with Crippen LogP contribution in [0.2, 0.25) is 0 Å². The molecule has 3 heteroatoms. The van der Waals surface area contributed by atoms with E-state index in [-0.39, 0.29) is 5.60 Å². The minimum atomic E-state index is -0.0309. The van der Waals surface area contributed by atoms with Crippen LogP contribution in [-0.2, 0) is 9.47 Å². The Balaban J connectivity index is 3.69. The van der Waals surface area contributed by atoms with Crippen molar-refractivity contribution in [2.45, 2.75) is 51.7 Å². The molecular formula is C12H27NO2. The Morgan fingerprint density at radius 2 is 1.93 bits per heavy atom. The Hall–Kier alpha value is -0.120. The standard InChI is InChI=1S/C12H27NO2/c1-6-7-11(10-14-4)13-9-8-12(2,3)15-5/h11,13H,6-10H2,1-5H3. The summed E-state index contributed by atoms with van der Waals surface area (Å²) in [6.45, 7) is 8.19. The third kappa shape index (κ3) is 7.77. The monoisotopic (exact) mass is 217 g/mol. The zero-order valence-electron chi connectivity index (χ0n) is 10.9. The molecule has 0 aromatic carbocycles. The molecule has 92 valence electrons. The number of hydrogen-bond acceptors (Lipinski definition) is 3. The second-order valence-electron chi connectivity index (χ2n) is 4.61. The Bertz CT molecular complexity index is 143. The fourth-order valence-corrected chi connectivity index (χ4v) is 1.47. The van der Waals surface area contributed by atoms with E-state index in [1.807, 2.05) is 0 Å². The van der Waals surface area contributed by atoms with E-state index in [1.54, 1.807) is 14.2 Å². The third-order valence-electron chi connectivity index (χ3n) is 2.72. The predicted octanol–water partition coefficient (Wildman–Crippen LogP) is 2.21. The molecule has 0 radical (unpaired) electrons. The predicted molar refractivity (Wildman–Crippen MR) is 64.3 cm³/mol. The van der Waals surface area contributed by atoms with Gasteiger partial charge in [-0.15, -0.1) is 0 Å². The van der Waals surface area contributed by atoms with Gasteiger partial charge in [0.2, 0.25) is 0 Å². The Morgan fingerprint density at radius 1 is 1.27 bits per heavy atom. The van der Waals surface area contributed by atoms with E-state index < -0.39 is 0 Å². The van der Waals surface area contributed by atoms with Crippen molar-refractivity contribution in [1.82, 2.24) is 5.32 Å². The molecule has 0 aliphatic carbocycles. The molecule has 0 saturated heterocycles. The first-order valence-electron chi connectivity index (χ1n) is 5.83. The summed E-state index contributed by atoms with van der Waals surface area (Å²) in [5, 5.41) is 3.51. The van der Waals surface area contributed by atoms with Gasteiger partial charge < -0.3 is 14.8 Å². The summed E-state index contributed by atoms with van der Waals surface area (Å²) in [6.07, 6.45) is 3.38. The highest BCUT2D eigenvalue weighted by Crippen LogP contribution is 2.11. The van der Waals surface area contributed by atoms with E-state index in [1.165, 1.54) is 12.8 Å². The van der Waals surface area contributed by atoms with E-state index in [4.69, 9.17) is 9.47 Å². The molecule has 0 rings (SSSR count). The van der Waals surface area contributed by atoms with Crippen LogP contribution in [0.25, 0.3) is 0 Å². The fraction of sp³-hybridized carbons (Fsp3) is 1.00. The molecule has 1 unspecified atom stereocenters. The Labute approximate surface area is 94.5 Å². The van der Waals surface area contributed by atoms with Crippen molar-refractivity contribution in [1.29, 1.82) is 0 Å². The average Bonchev–Trinajstić information content (AvgIpc) is 2.18. The number of ether oxygens (including phenoxy) is 2. The SMILES string of the molecule is CCCC(COC)NCCC(C)(C)OC. The van der Waals surface area contributed by atoms with E-state index in [9.17, 15) is 0 Å². The lowest BCUT2D eigenvalue weighted by atomic mass is 10.0. The molecule has 0 heterocycles. The molecule has 0 aliphatic heterocycles. The molecule has 15 heavy (non-hydrogen) atoms. The van der Waals surface area contributed by atoms with E-state index in [2.05, 4.69) is 26.1 Å². The van der Waals surface area contributed by atoms with Crippen LogP contribution in [0.5, 0.6) is 0 Å². The zero-order valence-corrected chi connectivity index (χ0v) is 10.9. The average molecular weight is 217 g/mol. The molecule has 0 spiro atoms. The van der Waals surface area contributed by atoms with Crippen LogP contribution in [0.3, 0.4) is 0 Å². The summed E-state index contributed by atoms with van der Waals surface area (Å²) < 4.78 is 10.5. The van der Waals surface area contributed by atoms with Gasteiger partial charge in [-0.05, 0) is 33.2 Å². The number of nitrogens with one attached hydrogen (secondary N) is 1. The van der Waals surface area contributed by atoms with E-state index in [0.717, 1.165) is 19.6 Å². The van der Waals surface area contributed by atoms with Crippen LogP contribution >= 0.6 is 0 Å². The molecule has 0 amide bonds. The molecule has 0 fully saturated rings. The highest BCUT2D eigenvalue weighted by Gasteiger charge is 2.16. The van der Waals surface area contributed by atoms with Crippen molar-refractivity contribution in [3.8, 4) is 0 Å². The van der Waals surface area contributed by atoms with Gasteiger partial charge in [0.25, 0.3) is 0 Å². The zero-order chi connectivity index (χ0) is 11.7. The smallest absolute Gasteiger partial charge is 0.0634 e. The highest BCUT2D eigenvalue weighted by molar-refractivity contribution is 4.72. The van der Waals surface area contributed by atoms with Gasteiger partial charge in [0, 0.05) is 20.3 Å². The summed E-state index contributed by atoms with van der Waals surface area (Å²) in [4.78, 5) is 0. The number of hydrogen-bond donors (Lipinski definition) is 1. The van der Waals surface area contributed by atoms with Gasteiger partial charge in [-0.25, -0.2) is 0 Å². The lowest BCUT2D eigenvalue weighted by Gasteiger charge is -2.25.